The molecule has 0 saturated heterocycles. The van der Waals surface area contributed by atoms with Crippen molar-refractivity contribution in [3.63, 3.8) is 0 Å². The van der Waals surface area contributed by atoms with Gasteiger partial charge >= 0.3 is 0 Å². The van der Waals surface area contributed by atoms with Crippen molar-refractivity contribution in [2.24, 2.45) is 0 Å². The molecule has 0 unspecified atom stereocenters. The SMILES string of the molecule is CC(=O)CNC(=O)c1cn(Cc2ccccc2)c2ccc(Br)cc2c1=O. The number of pyridine rings is 1. The van der Waals surface area contributed by atoms with Gasteiger partial charge in [-0.25, -0.2) is 0 Å². The number of Topliss-reactive ketones (excluding diaryl/α,β-unsaturated/α-hetero) is 1. The Labute approximate surface area is 158 Å². The maximum atomic E-state index is 12.8. The van der Waals surface area contributed by atoms with Gasteiger partial charge in [0.2, 0.25) is 5.43 Å². The predicted octanol–water partition coefficient (Wildman–Crippen LogP) is 3.13. The van der Waals surface area contributed by atoms with Crippen molar-refractivity contribution < 1.29 is 9.59 Å². The van der Waals surface area contributed by atoms with Gasteiger partial charge in [0.1, 0.15) is 11.3 Å². The van der Waals surface area contributed by atoms with Crippen molar-refractivity contribution in [3.8, 4) is 0 Å². The number of carbonyl (C=O) groups excluding carboxylic acids is 2. The van der Waals surface area contributed by atoms with Gasteiger partial charge in [-0.1, -0.05) is 46.3 Å². The van der Waals surface area contributed by atoms with Crippen LogP contribution in [0.25, 0.3) is 10.9 Å². The molecule has 0 fully saturated rings. The molecule has 0 radical (unpaired) electrons. The molecule has 0 bridgehead atoms. The summed E-state index contributed by atoms with van der Waals surface area (Å²) in [6.07, 6.45) is 1.56. The Morgan fingerprint density at radius 2 is 1.85 bits per heavy atom. The Hall–Kier alpha value is -2.73. The van der Waals surface area contributed by atoms with Crippen molar-refractivity contribution in [2.45, 2.75) is 13.5 Å². The van der Waals surface area contributed by atoms with Crippen LogP contribution < -0.4 is 10.7 Å². The van der Waals surface area contributed by atoms with Gasteiger partial charge in [0.25, 0.3) is 5.91 Å². The number of halogens is 1. The van der Waals surface area contributed by atoms with Crippen LogP contribution in [0.4, 0.5) is 0 Å². The van der Waals surface area contributed by atoms with E-state index in [4.69, 9.17) is 0 Å². The lowest BCUT2D eigenvalue weighted by atomic mass is 10.1. The molecule has 0 aliphatic carbocycles. The molecule has 1 amide bonds. The molecule has 0 spiro atoms. The molecule has 0 aliphatic heterocycles. The van der Waals surface area contributed by atoms with Crippen LogP contribution in [-0.2, 0) is 11.3 Å². The summed E-state index contributed by atoms with van der Waals surface area (Å²) in [6.45, 7) is 1.80. The van der Waals surface area contributed by atoms with Crippen LogP contribution in [0, 0.1) is 0 Å². The smallest absolute Gasteiger partial charge is 0.257 e. The predicted molar refractivity (Wildman–Crippen MR) is 104 cm³/mol. The van der Waals surface area contributed by atoms with E-state index < -0.39 is 5.91 Å². The third-order valence-electron chi connectivity index (χ3n) is 3.98. The number of carbonyl (C=O) groups is 2. The van der Waals surface area contributed by atoms with Crippen LogP contribution in [-0.4, -0.2) is 22.8 Å². The van der Waals surface area contributed by atoms with E-state index in [-0.39, 0.29) is 23.3 Å². The summed E-state index contributed by atoms with van der Waals surface area (Å²) in [5.41, 5.74) is 1.46. The summed E-state index contributed by atoms with van der Waals surface area (Å²) in [5, 5.41) is 2.95. The molecule has 0 aliphatic rings. The number of hydrogen-bond acceptors (Lipinski definition) is 3. The first kappa shape index (κ1) is 18.1. The van der Waals surface area contributed by atoms with E-state index in [1.54, 1.807) is 12.3 Å². The van der Waals surface area contributed by atoms with Crippen molar-refractivity contribution in [1.29, 1.82) is 0 Å². The third kappa shape index (κ3) is 3.91. The monoisotopic (exact) mass is 412 g/mol. The summed E-state index contributed by atoms with van der Waals surface area (Å²) < 4.78 is 2.64. The molecule has 26 heavy (non-hydrogen) atoms. The van der Waals surface area contributed by atoms with Crippen LogP contribution in [0.1, 0.15) is 22.8 Å². The summed E-state index contributed by atoms with van der Waals surface area (Å²) in [4.78, 5) is 36.3. The van der Waals surface area contributed by atoms with Gasteiger partial charge in [0.15, 0.2) is 0 Å². The topological polar surface area (TPSA) is 68.2 Å². The van der Waals surface area contributed by atoms with Crippen molar-refractivity contribution in [3.05, 3.63) is 80.6 Å². The normalized spacial score (nSPS) is 10.7. The van der Waals surface area contributed by atoms with Gasteiger partial charge in [-0.3, -0.25) is 14.4 Å². The fourth-order valence-electron chi connectivity index (χ4n) is 2.74. The molecule has 132 valence electrons. The van der Waals surface area contributed by atoms with E-state index in [2.05, 4.69) is 21.2 Å². The van der Waals surface area contributed by atoms with E-state index in [1.807, 2.05) is 47.0 Å². The number of ketones is 1. The van der Waals surface area contributed by atoms with Crippen molar-refractivity contribution in [2.75, 3.05) is 6.54 Å². The van der Waals surface area contributed by atoms with Gasteiger partial charge in [-0.15, -0.1) is 0 Å². The lowest BCUT2D eigenvalue weighted by Gasteiger charge is -2.14. The van der Waals surface area contributed by atoms with Gasteiger partial charge in [-0.2, -0.15) is 0 Å². The number of amides is 1. The zero-order chi connectivity index (χ0) is 18.7. The molecule has 3 rings (SSSR count). The van der Waals surface area contributed by atoms with E-state index >= 15 is 0 Å². The molecule has 1 heterocycles. The number of fused-ring (bicyclic) bond motifs is 1. The maximum Gasteiger partial charge on any atom is 0.257 e. The largest absolute Gasteiger partial charge is 0.345 e. The highest BCUT2D eigenvalue weighted by Gasteiger charge is 2.16. The average molecular weight is 413 g/mol. The highest BCUT2D eigenvalue weighted by molar-refractivity contribution is 9.10. The molecule has 0 atom stereocenters. The van der Waals surface area contributed by atoms with E-state index in [0.29, 0.717) is 11.9 Å². The maximum absolute atomic E-state index is 12.8. The second-order valence-corrected chi connectivity index (χ2v) is 6.95. The molecule has 6 heteroatoms. The highest BCUT2D eigenvalue weighted by atomic mass is 79.9. The van der Waals surface area contributed by atoms with E-state index in [1.165, 1.54) is 6.92 Å². The number of nitrogens with zero attached hydrogens (tertiary/aromatic N) is 1. The Kier molecular flexibility index (Phi) is 5.32. The quantitative estimate of drug-likeness (QED) is 0.699. The zero-order valence-corrected chi connectivity index (χ0v) is 15.7. The molecular formula is C20H17BrN2O3. The van der Waals surface area contributed by atoms with Gasteiger partial charge in [-0.05, 0) is 30.7 Å². The fourth-order valence-corrected chi connectivity index (χ4v) is 3.10. The minimum Gasteiger partial charge on any atom is -0.345 e. The first-order valence-electron chi connectivity index (χ1n) is 8.10. The summed E-state index contributed by atoms with van der Waals surface area (Å²) >= 11 is 3.38. The second-order valence-electron chi connectivity index (χ2n) is 6.03. The molecule has 5 nitrogen and oxygen atoms in total. The number of rotatable bonds is 5. The zero-order valence-electron chi connectivity index (χ0n) is 14.2. The minimum absolute atomic E-state index is 0.0211. The molecular weight excluding hydrogens is 396 g/mol. The highest BCUT2D eigenvalue weighted by Crippen LogP contribution is 2.19. The molecule has 2 aromatic carbocycles. The lowest BCUT2D eigenvalue weighted by molar-refractivity contribution is -0.116. The fraction of sp³-hybridized carbons (Fsp3) is 0.150. The van der Waals surface area contributed by atoms with Crippen LogP contribution in [0.15, 0.2) is 64.0 Å². The van der Waals surface area contributed by atoms with Crippen LogP contribution in [0.2, 0.25) is 0 Å². The summed E-state index contributed by atoms with van der Waals surface area (Å²) in [7, 11) is 0. The number of nitrogens with one attached hydrogen (secondary N) is 1. The van der Waals surface area contributed by atoms with E-state index in [0.717, 1.165) is 15.6 Å². The third-order valence-corrected chi connectivity index (χ3v) is 4.47. The lowest BCUT2D eigenvalue weighted by Crippen LogP contribution is -2.33. The number of hydrogen-bond donors (Lipinski definition) is 1. The van der Waals surface area contributed by atoms with Gasteiger partial charge < -0.3 is 9.88 Å². The van der Waals surface area contributed by atoms with Gasteiger partial charge in [0, 0.05) is 22.6 Å². The van der Waals surface area contributed by atoms with Crippen LogP contribution in [0.5, 0.6) is 0 Å². The first-order chi connectivity index (χ1) is 12.5. The number of aromatic nitrogens is 1. The van der Waals surface area contributed by atoms with Crippen molar-refractivity contribution >= 4 is 38.5 Å². The van der Waals surface area contributed by atoms with Crippen LogP contribution in [0.3, 0.4) is 0 Å². The summed E-state index contributed by atoms with van der Waals surface area (Å²) in [5.74, 6) is -0.722. The standard InChI is InChI=1S/C20H17BrN2O3/c1-13(24)10-22-20(26)17-12-23(11-14-5-3-2-4-6-14)18-8-7-15(21)9-16(18)19(17)25/h2-9,12H,10-11H2,1H3,(H,22,26). The first-order valence-corrected chi connectivity index (χ1v) is 8.89. The second kappa shape index (κ2) is 7.66. The van der Waals surface area contributed by atoms with Crippen molar-refractivity contribution in [1.82, 2.24) is 9.88 Å². The Bertz CT molecular complexity index is 1040. The Balaban J connectivity index is 2.13. The molecule has 1 N–H and O–H groups in total. The molecule has 3 aromatic rings. The Morgan fingerprint density at radius 3 is 2.54 bits per heavy atom. The van der Waals surface area contributed by atoms with Crippen LogP contribution >= 0.6 is 15.9 Å². The molecule has 0 saturated carbocycles. The minimum atomic E-state index is -0.547. The van der Waals surface area contributed by atoms with E-state index in [9.17, 15) is 14.4 Å². The average Bonchev–Trinajstić information content (AvgIpc) is 2.63. The Morgan fingerprint density at radius 1 is 1.12 bits per heavy atom. The summed E-state index contributed by atoms with van der Waals surface area (Å²) in [6, 6.07) is 15.2. The number of benzene rings is 2. The van der Waals surface area contributed by atoms with Gasteiger partial charge in [0.05, 0.1) is 12.1 Å². The molecule has 1 aromatic heterocycles.